The Morgan fingerprint density at radius 3 is 2.71 bits per heavy atom. The monoisotopic (exact) mass is 344 g/mol. The van der Waals surface area contributed by atoms with E-state index in [1.54, 1.807) is 0 Å². The lowest BCUT2D eigenvalue weighted by molar-refractivity contribution is -0.0718. The molecule has 7 nitrogen and oxygen atoms in total. The quantitative estimate of drug-likeness (QED) is 0.617. The predicted molar refractivity (Wildman–Crippen MR) is 89.7 cm³/mol. The van der Waals surface area contributed by atoms with Crippen LogP contribution in [0.2, 0.25) is 0 Å². The van der Waals surface area contributed by atoms with E-state index in [-0.39, 0.29) is 18.2 Å². The molecule has 2 rings (SSSR count). The molecule has 2 unspecified atom stereocenters. The molecule has 24 heavy (non-hydrogen) atoms. The summed E-state index contributed by atoms with van der Waals surface area (Å²) in [7, 11) is 0. The zero-order chi connectivity index (χ0) is 17.4. The van der Waals surface area contributed by atoms with Crippen LogP contribution in [0.1, 0.15) is 46.0 Å². The molecule has 0 aliphatic carbocycles. The van der Waals surface area contributed by atoms with Gasteiger partial charge in [-0.05, 0) is 38.0 Å². The highest BCUT2D eigenvalue weighted by Crippen LogP contribution is 2.13. The summed E-state index contributed by atoms with van der Waals surface area (Å²) in [4.78, 5) is 12.0. The van der Waals surface area contributed by atoms with Crippen LogP contribution in [0, 0.1) is 5.92 Å². The van der Waals surface area contributed by atoms with Crippen LogP contribution in [0.4, 0.5) is 4.79 Å². The standard InChI is InChI=1S/C17H32N2O5/c1-12(2)9-13(10-18-15-6-8-23-16(15)20)19-17(21)24-11-14-5-3-4-7-22-14/h12-16,18,20H,3-11H2,1-2H3,(H,19,21)/t13-,14?,15+,16?/m1/s1. The van der Waals surface area contributed by atoms with E-state index in [1.807, 2.05) is 0 Å². The van der Waals surface area contributed by atoms with Crippen molar-refractivity contribution in [1.82, 2.24) is 10.6 Å². The summed E-state index contributed by atoms with van der Waals surface area (Å²) in [6, 6.07) is -0.120. The molecular formula is C17H32N2O5. The number of amides is 1. The Kier molecular flexibility index (Phi) is 8.24. The number of carbonyl (C=O) groups is 1. The Balaban J connectivity index is 1.71. The molecule has 0 aromatic heterocycles. The molecule has 1 amide bonds. The van der Waals surface area contributed by atoms with Crippen LogP contribution < -0.4 is 10.6 Å². The minimum Gasteiger partial charge on any atom is -0.447 e. The molecule has 7 heteroatoms. The van der Waals surface area contributed by atoms with Crippen molar-refractivity contribution in [3.05, 3.63) is 0 Å². The molecule has 0 radical (unpaired) electrons. The summed E-state index contributed by atoms with van der Waals surface area (Å²) < 4.78 is 16.0. The zero-order valence-corrected chi connectivity index (χ0v) is 14.8. The van der Waals surface area contributed by atoms with Crippen LogP contribution in [-0.4, -0.2) is 62.0 Å². The lowest BCUT2D eigenvalue weighted by Gasteiger charge is -2.25. The van der Waals surface area contributed by atoms with Gasteiger partial charge in [-0.2, -0.15) is 0 Å². The Morgan fingerprint density at radius 1 is 1.25 bits per heavy atom. The Hall–Kier alpha value is -0.890. The molecule has 0 saturated carbocycles. The Labute approximate surface area is 144 Å². The fraction of sp³-hybridized carbons (Fsp3) is 0.941. The van der Waals surface area contributed by atoms with E-state index in [1.165, 1.54) is 0 Å². The minimum atomic E-state index is -0.764. The first-order chi connectivity index (χ1) is 11.5. The molecule has 2 aliphatic heterocycles. The van der Waals surface area contributed by atoms with Crippen LogP contribution in [0.25, 0.3) is 0 Å². The molecule has 4 atom stereocenters. The van der Waals surface area contributed by atoms with Gasteiger partial charge in [0.1, 0.15) is 6.61 Å². The number of rotatable bonds is 8. The van der Waals surface area contributed by atoms with Crippen molar-refractivity contribution < 1.29 is 24.1 Å². The average molecular weight is 344 g/mol. The van der Waals surface area contributed by atoms with E-state index in [0.29, 0.717) is 25.7 Å². The summed E-state index contributed by atoms with van der Waals surface area (Å²) in [5.41, 5.74) is 0. The maximum atomic E-state index is 12.0. The van der Waals surface area contributed by atoms with Gasteiger partial charge in [0.25, 0.3) is 0 Å². The number of nitrogens with one attached hydrogen (secondary N) is 2. The first kappa shape index (κ1) is 19.4. The van der Waals surface area contributed by atoms with Gasteiger partial charge in [-0.25, -0.2) is 4.79 Å². The van der Waals surface area contributed by atoms with Crippen LogP contribution >= 0.6 is 0 Å². The number of aliphatic hydroxyl groups is 1. The molecule has 0 bridgehead atoms. The lowest BCUT2D eigenvalue weighted by atomic mass is 10.0. The number of ether oxygens (including phenoxy) is 3. The van der Waals surface area contributed by atoms with Crippen molar-refractivity contribution in [1.29, 1.82) is 0 Å². The van der Waals surface area contributed by atoms with Crippen molar-refractivity contribution in [2.24, 2.45) is 5.92 Å². The smallest absolute Gasteiger partial charge is 0.407 e. The molecular weight excluding hydrogens is 312 g/mol. The Bertz CT molecular complexity index is 374. The van der Waals surface area contributed by atoms with E-state index in [9.17, 15) is 9.90 Å². The van der Waals surface area contributed by atoms with Crippen molar-refractivity contribution in [3.63, 3.8) is 0 Å². The van der Waals surface area contributed by atoms with E-state index >= 15 is 0 Å². The maximum Gasteiger partial charge on any atom is 0.407 e. The van der Waals surface area contributed by atoms with Gasteiger partial charge in [0.15, 0.2) is 6.29 Å². The molecule has 2 aliphatic rings. The van der Waals surface area contributed by atoms with Gasteiger partial charge >= 0.3 is 6.09 Å². The second kappa shape index (κ2) is 10.2. The fourth-order valence-corrected chi connectivity index (χ4v) is 3.15. The SMILES string of the molecule is CC(C)C[C@H](CN[C@H]1CCOC1O)NC(=O)OCC1CCCCO1. The van der Waals surface area contributed by atoms with Crippen molar-refractivity contribution in [3.8, 4) is 0 Å². The third kappa shape index (κ3) is 6.93. The van der Waals surface area contributed by atoms with Gasteiger partial charge in [0.2, 0.25) is 0 Å². The van der Waals surface area contributed by atoms with Crippen LogP contribution in [0.5, 0.6) is 0 Å². The largest absolute Gasteiger partial charge is 0.447 e. The Morgan fingerprint density at radius 2 is 2.08 bits per heavy atom. The lowest BCUT2D eigenvalue weighted by Crippen LogP contribution is -2.48. The van der Waals surface area contributed by atoms with Crippen molar-refractivity contribution in [2.45, 2.75) is 70.4 Å². The van der Waals surface area contributed by atoms with Gasteiger partial charge in [0.05, 0.1) is 18.8 Å². The van der Waals surface area contributed by atoms with Crippen molar-refractivity contribution in [2.75, 3.05) is 26.4 Å². The number of carbonyl (C=O) groups excluding carboxylic acids is 1. The van der Waals surface area contributed by atoms with Gasteiger partial charge < -0.3 is 30.0 Å². The molecule has 2 saturated heterocycles. The first-order valence-corrected chi connectivity index (χ1v) is 9.12. The van der Waals surface area contributed by atoms with Crippen molar-refractivity contribution >= 4 is 6.09 Å². The molecule has 140 valence electrons. The van der Waals surface area contributed by atoms with Gasteiger partial charge in [-0.15, -0.1) is 0 Å². The third-order valence-electron chi connectivity index (χ3n) is 4.44. The van der Waals surface area contributed by atoms with Crippen LogP contribution in [-0.2, 0) is 14.2 Å². The summed E-state index contributed by atoms with van der Waals surface area (Å²) >= 11 is 0. The zero-order valence-electron chi connectivity index (χ0n) is 14.8. The fourth-order valence-electron chi connectivity index (χ4n) is 3.15. The van der Waals surface area contributed by atoms with E-state index < -0.39 is 12.4 Å². The highest BCUT2D eigenvalue weighted by Gasteiger charge is 2.27. The van der Waals surface area contributed by atoms with Gasteiger partial charge in [0, 0.05) is 19.2 Å². The van der Waals surface area contributed by atoms with Crippen LogP contribution in [0.15, 0.2) is 0 Å². The summed E-state index contributed by atoms with van der Waals surface area (Å²) in [6.45, 7) is 6.43. The highest BCUT2D eigenvalue weighted by atomic mass is 16.6. The highest BCUT2D eigenvalue weighted by molar-refractivity contribution is 5.67. The molecule has 0 spiro atoms. The first-order valence-electron chi connectivity index (χ1n) is 9.12. The second-order valence-corrected chi connectivity index (χ2v) is 7.12. The average Bonchev–Trinajstić information content (AvgIpc) is 2.96. The summed E-state index contributed by atoms with van der Waals surface area (Å²) in [6.07, 6.45) is 3.63. The molecule has 0 aromatic carbocycles. The van der Waals surface area contributed by atoms with Gasteiger partial charge in [-0.1, -0.05) is 13.8 Å². The molecule has 3 N–H and O–H groups in total. The summed E-state index contributed by atoms with van der Waals surface area (Å²) in [5.74, 6) is 0.448. The maximum absolute atomic E-state index is 12.0. The van der Waals surface area contributed by atoms with E-state index in [2.05, 4.69) is 24.5 Å². The third-order valence-corrected chi connectivity index (χ3v) is 4.44. The number of alkyl carbamates (subject to hydrolysis) is 1. The van der Waals surface area contributed by atoms with Gasteiger partial charge in [-0.3, -0.25) is 0 Å². The van der Waals surface area contributed by atoms with E-state index in [0.717, 1.165) is 38.7 Å². The van der Waals surface area contributed by atoms with E-state index in [4.69, 9.17) is 14.2 Å². The number of hydrogen-bond acceptors (Lipinski definition) is 6. The second-order valence-electron chi connectivity index (χ2n) is 7.12. The number of hydrogen-bond donors (Lipinski definition) is 3. The summed E-state index contributed by atoms with van der Waals surface area (Å²) in [5, 5.41) is 15.9. The molecule has 2 fully saturated rings. The number of aliphatic hydroxyl groups excluding tert-OH is 1. The molecule has 2 heterocycles. The predicted octanol–water partition coefficient (Wildman–Crippen LogP) is 1.39. The van der Waals surface area contributed by atoms with Crippen LogP contribution in [0.3, 0.4) is 0 Å². The molecule has 0 aromatic rings. The topological polar surface area (TPSA) is 89.1 Å². The minimum absolute atomic E-state index is 0.0250. The normalized spacial score (nSPS) is 28.8.